The van der Waals surface area contributed by atoms with Crippen LogP contribution in [0, 0.1) is 5.82 Å². The Kier molecular flexibility index (Phi) is 6.04. The first kappa shape index (κ1) is 21.8. The fraction of sp³-hybridized carbons (Fsp3) is 0.227. The van der Waals surface area contributed by atoms with Crippen LogP contribution in [0.25, 0.3) is 11.0 Å². The number of hydrogen-bond donors (Lipinski definition) is 2. The average Bonchev–Trinajstić information content (AvgIpc) is 3.53. The number of anilines is 2. The zero-order valence-corrected chi connectivity index (χ0v) is 18.7. The van der Waals surface area contributed by atoms with E-state index < -0.39 is 6.09 Å². The lowest BCUT2D eigenvalue weighted by Crippen LogP contribution is -2.48. The topological polar surface area (TPSA) is 116 Å². The Morgan fingerprint density at radius 3 is 2.71 bits per heavy atom. The Labute approximate surface area is 197 Å². The highest BCUT2D eigenvalue weighted by Gasteiger charge is 2.24. The van der Waals surface area contributed by atoms with Crippen LogP contribution in [0.5, 0.6) is 0 Å². The molecule has 4 aromatic rings. The van der Waals surface area contributed by atoms with Crippen molar-refractivity contribution in [2.75, 3.05) is 36.4 Å². The Bertz CT molecular complexity index is 1320. The standard InChI is InChI=1S/C22H20FN7O3S/c23-15-3-1-14(2-4-15)12-33-22(32)30-9-7-29(8-10-30)21-25-19(13-34-21)20(31)24-16-5-6-17-18(11-16)27-28-26-17/h1-6,11,13H,7-10,12H2,(H,24,31)(H,26,27,28). The highest BCUT2D eigenvalue weighted by atomic mass is 32.1. The van der Waals surface area contributed by atoms with Gasteiger partial charge in [0, 0.05) is 37.2 Å². The molecule has 3 heterocycles. The fourth-order valence-electron chi connectivity index (χ4n) is 3.53. The Hall–Kier alpha value is -4.06. The number of piperazine rings is 1. The molecule has 0 saturated carbocycles. The van der Waals surface area contributed by atoms with E-state index in [1.54, 1.807) is 40.6 Å². The number of aromatic nitrogens is 4. The van der Waals surface area contributed by atoms with E-state index in [1.165, 1.54) is 23.5 Å². The van der Waals surface area contributed by atoms with Crippen LogP contribution < -0.4 is 10.2 Å². The van der Waals surface area contributed by atoms with E-state index in [4.69, 9.17) is 4.74 Å². The van der Waals surface area contributed by atoms with Crippen molar-refractivity contribution < 1.29 is 18.7 Å². The summed E-state index contributed by atoms with van der Waals surface area (Å²) >= 11 is 1.38. The number of rotatable bonds is 5. The van der Waals surface area contributed by atoms with E-state index in [1.807, 2.05) is 4.90 Å². The molecule has 0 aliphatic carbocycles. The lowest BCUT2D eigenvalue weighted by Gasteiger charge is -2.33. The number of benzene rings is 2. The van der Waals surface area contributed by atoms with E-state index in [-0.39, 0.29) is 18.3 Å². The molecule has 34 heavy (non-hydrogen) atoms. The number of fused-ring (bicyclic) bond motifs is 1. The first-order valence-corrected chi connectivity index (χ1v) is 11.4. The Morgan fingerprint density at radius 2 is 1.91 bits per heavy atom. The summed E-state index contributed by atoms with van der Waals surface area (Å²) < 4.78 is 18.3. The predicted octanol–water partition coefficient (Wildman–Crippen LogP) is 3.26. The molecule has 2 aromatic carbocycles. The third-order valence-electron chi connectivity index (χ3n) is 5.39. The molecule has 1 aliphatic heterocycles. The zero-order chi connectivity index (χ0) is 23.5. The van der Waals surface area contributed by atoms with Gasteiger partial charge in [-0.15, -0.1) is 16.4 Å². The number of carbonyl (C=O) groups excluding carboxylic acids is 2. The van der Waals surface area contributed by atoms with Crippen molar-refractivity contribution in [2.45, 2.75) is 6.61 Å². The van der Waals surface area contributed by atoms with Crippen molar-refractivity contribution in [1.29, 1.82) is 0 Å². The van der Waals surface area contributed by atoms with Gasteiger partial charge in [-0.1, -0.05) is 17.3 Å². The molecule has 0 atom stereocenters. The molecule has 0 bridgehead atoms. The molecular weight excluding hydrogens is 461 g/mol. The van der Waals surface area contributed by atoms with Crippen molar-refractivity contribution in [1.82, 2.24) is 25.3 Å². The molecule has 0 spiro atoms. The second-order valence-electron chi connectivity index (χ2n) is 7.67. The smallest absolute Gasteiger partial charge is 0.410 e. The van der Waals surface area contributed by atoms with Gasteiger partial charge in [-0.3, -0.25) is 9.89 Å². The van der Waals surface area contributed by atoms with Gasteiger partial charge in [-0.2, -0.15) is 0 Å². The minimum atomic E-state index is -0.410. The second-order valence-corrected chi connectivity index (χ2v) is 8.50. The monoisotopic (exact) mass is 481 g/mol. The lowest BCUT2D eigenvalue weighted by atomic mass is 10.2. The highest BCUT2D eigenvalue weighted by molar-refractivity contribution is 7.14. The molecule has 2 amide bonds. The summed E-state index contributed by atoms with van der Waals surface area (Å²) in [5.74, 6) is -0.643. The van der Waals surface area contributed by atoms with E-state index in [0.29, 0.717) is 43.1 Å². The molecule has 1 saturated heterocycles. The molecule has 0 unspecified atom stereocenters. The first-order chi connectivity index (χ1) is 16.5. The molecule has 174 valence electrons. The van der Waals surface area contributed by atoms with Crippen molar-refractivity contribution in [3.05, 3.63) is 64.9 Å². The third kappa shape index (κ3) is 4.81. The maximum absolute atomic E-state index is 13.0. The molecule has 12 heteroatoms. The first-order valence-electron chi connectivity index (χ1n) is 10.5. The van der Waals surface area contributed by atoms with E-state index in [9.17, 15) is 14.0 Å². The summed E-state index contributed by atoms with van der Waals surface area (Å²) in [6.07, 6.45) is -0.410. The fourth-order valence-corrected chi connectivity index (χ4v) is 4.39. The van der Waals surface area contributed by atoms with Gasteiger partial charge in [-0.05, 0) is 35.9 Å². The van der Waals surface area contributed by atoms with Gasteiger partial charge in [0.25, 0.3) is 5.91 Å². The van der Waals surface area contributed by atoms with E-state index in [2.05, 4.69) is 25.7 Å². The van der Waals surface area contributed by atoms with Gasteiger partial charge in [0.05, 0.1) is 5.52 Å². The zero-order valence-electron chi connectivity index (χ0n) is 17.9. The molecule has 1 fully saturated rings. The molecule has 1 aliphatic rings. The number of halogens is 1. The van der Waals surface area contributed by atoms with Crippen LogP contribution in [0.1, 0.15) is 16.1 Å². The van der Waals surface area contributed by atoms with Crippen molar-refractivity contribution in [3.63, 3.8) is 0 Å². The maximum Gasteiger partial charge on any atom is 0.410 e. The number of amides is 2. The van der Waals surface area contributed by atoms with E-state index in [0.717, 1.165) is 16.2 Å². The molecule has 5 rings (SSSR count). The Balaban J connectivity index is 1.12. The van der Waals surface area contributed by atoms with Crippen LogP contribution in [0.2, 0.25) is 0 Å². The number of hydrogen-bond acceptors (Lipinski definition) is 8. The maximum atomic E-state index is 13.0. The summed E-state index contributed by atoms with van der Waals surface area (Å²) in [6, 6.07) is 11.1. The number of ether oxygens (including phenoxy) is 1. The average molecular weight is 482 g/mol. The van der Waals surface area contributed by atoms with Gasteiger partial charge in [-0.25, -0.2) is 14.2 Å². The van der Waals surface area contributed by atoms with Crippen molar-refractivity contribution in [2.24, 2.45) is 0 Å². The van der Waals surface area contributed by atoms with Crippen LogP contribution in [0.4, 0.5) is 20.0 Å². The number of carbonyl (C=O) groups is 2. The normalized spacial score (nSPS) is 13.8. The van der Waals surface area contributed by atoms with Crippen LogP contribution in [-0.2, 0) is 11.3 Å². The van der Waals surface area contributed by atoms with Crippen LogP contribution in [0.15, 0.2) is 47.8 Å². The second kappa shape index (κ2) is 9.43. The molecule has 2 N–H and O–H groups in total. The number of nitrogens with zero attached hydrogens (tertiary/aromatic N) is 5. The predicted molar refractivity (Wildman–Crippen MR) is 124 cm³/mol. The number of aromatic amines is 1. The van der Waals surface area contributed by atoms with Crippen molar-refractivity contribution in [3.8, 4) is 0 Å². The number of thiazole rings is 1. The van der Waals surface area contributed by atoms with Gasteiger partial charge in [0.1, 0.15) is 23.6 Å². The van der Waals surface area contributed by atoms with Gasteiger partial charge >= 0.3 is 6.09 Å². The SMILES string of the molecule is O=C(Nc1ccc2[nH]nnc2c1)c1csc(N2CCN(C(=O)OCc3ccc(F)cc3)CC2)n1. The quantitative estimate of drug-likeness (QED) is 0.449. The summed E-state index contributed by atoms with van der Waals surface area (Å²) in [6.45, 7) is 2.18. The molecular formula is C22H20FN7O3S. The summed E-state index contributed by atoms with van der Waals surface area (Å²) in [7, 11) is 0. The molecule has 10 nitrogen and oxygen atoms in total. The van der Waals surface area contributed by atoms with Crippen LogP contribution in [-0.4, -0.2) is 63.5 Å². The number of H-pyrrole nitrogens is 1. The minimum absolute atomic E-state index is 0.0911. The molecule has 0 radical (unpaired) electrons. The highest BCUT2D eigenvalue weighted by Crippen LogP contribution is 2.23. The molecule has 2 aromatic heterocycles. The van der Waals surface area contributed by atoms with Gasteiger partial charge < -0.3 is 19.9 Å². The third-order valence-corrected chi connectivity index (χ3v) is 6.29. The largest absolute Gasteiger partial charge is 0.445 e. The minimum Gasteiger partial charge on any atom is -0.445 e. The van der Waals surface area contributed by atoms with Gasteiger partial charge in [0.15, 0.2) is 5.13 Å². The summed E-state index contributed by atoms with van der Waals surface area (Å²) in [4.78, 5) is 33.1. The lowest BCUT2D eigenvalue weighted by molar-refractivity contribution is 0.0941. The van der Waals surface area contributed by atoms with E-state index >= 15 is 0 Å². The summed E-state index contributed by atoms with van der Waals surface area (Å²) in [5, 5.41) is 15.7. The van der Waals surface area contributed by atoms with Gasteiger partial charge in [0.2, 0.25) is 0 Å². The van der Waals surface area contributed by atoms with Crippen LogP contribution in [0.3, 0.4) is 0 Å². The van der Waals surface area contributed by atoms with Crippen LogP contribution >= 0.6 is 11.3 Å². The number of nitrogens with one attached hydrogen (secondary N) is 2. The Morgan fingerprint density at radius 1 is 1.12 bits per heavy atom. The summed E-state index contributed by atoms with van der Waals surface area (Å²) in [5.41, 5.74) is 3.09. The van der Waals surface area contributed by atoms with Crippen molar-refractivity contribution >= 4 is 45.2 Å².